The van der Waals surface area contributed by atoms with E-state index >= 15 is 0 Å². The average Bonchev–Trinajstić information content (AvgIpc) is 2.52. The Balaban J connectivity index is 2.67. The maximum Gasteiger partial charge on any atom is 0.185 e. The molecule has 0 amide bonds. The summed E-state index contributed by atoms with van der Waals surface area (Å²) in [6, 6.07) is 0. The minimum atomic E-state index is 0.688. The molecule has 0 saturated carbocycles. The maximum atomic E-state index is 10.4. The Hall–Kier alpha value is -0.900. The first kappa shape index (κ1) is 9.19. The van der Waals surface area contributed by atoms with Gasteiger partial charge in [0.25, 0.3) is 0 Å². The first-order valence-corrected chi connectivity index (χ1v) is 4.71. The fraction of sp³-hybridized carbons (Fsp3) is 0.500. The van der Waals surface area contributed by atoms with E-state index in [1.54, 1.807) is 6.20 Å². The van der Waals surface area contributed by atoms with Gasteiger partial charge in [-0.15, -0.1) is 0 Å². The number of carbonyl (C=O) groups excluding carboxylic acids is 1. The Kier molecular flexibility index (Phi) is 3.22. The summed E-state index contributed by atoms with van der Waals surface area (Å²) in [6.45, 7) is 3.09. The lowest BCUT2D eigenvalue weighted by Crippen LogP contribution is -2.17. The molecular weight excluding hydrogens is 172 g/mol. The molecule has 0 aromatic carbocycles. The predicted octanol–water partition coefficient (Wildman–Crippen LogP) is 1.80. The molecule has 0 fully saturated rings. The molecule has 0 aliphatic rings. The van der Waals surface area contributed by atoms with Crippen LogP contribution in [0.2, 0.25) is 0 Å². The molecule has 1 aromatic heterocycles. The van der Waals surface area contributed by atoms with Crippen LogP contribution in [0.5, 0.6) is 0 Å². The summed E-state index contributed by atoms with van der Waals surface area (Å²) in [5.74, 6) is 0. The quantitative estimate of drug-likeness (QED) is 0.669. The molecule has 66 valence electrons. The van der Waals surface area contributed by atoms with Crippen molar-refractivity contribution in [2.75, 3.05) is 18.5 Å². The second-order valence-electron chi connectivity index (χ2n) is 2.58. The van der Waals surface area contributed by atoms with Crippen molar-refractivity contribution in [3.8, 4) is 0 Å². The summed E-state index contributed by atoms with van der Waals surface area (Å²) in [7, 11) is 1.98. The fourth-order valence-electron chi connectivity index (χ4n) is 0.939. The molecule has 3 nitrogen and oxygen atoms in total. The van der Waals surface area contributed by atoms with Gasteiger partial charge in [0, 0.05) is 13.6 Å². The van der Waals surface area contributed by atoms with Crippen LogP contribution in [0.25, 0.3) is 0 Å². The lowest BCUT2D eigenvalue weighted by Gasteiger charge is -2.13. The van der Waals surface area contributed by atoms with Crippen LogP contribution in [0.1, 0.15) is 23.0 Å². The highest BCUT2D eigenvalue weighted by Crippen LogP contribution is 2.19. The number of aromatic nitrogens is 1. The number of carbonyl (C=O) groups is 1. The van der Waals surface area contributed by atoms with E-state index in [1.807, 2.05) is 7.05 Å². The van der Waals surface area contributed by atoms with Crippen molar-refractivity contribution in [3.05, 3.63) is 11.1 Å². The third-order valence-corrected chi connectivity index (χ3v) is 2.55. The van der Waals surface area contributed by atoms with Crippen LogP contribution in [-0.2, 0) is 0 Å². The first-order chi connectivity index (χ1) is 5.77. The topological polar surface area (TPSA) is 33.2 Å². The zero-order chi connectivity index (χ0) is 8.97. The van der Waals surface area contributed by atoms with Crippen molar-refractivity contribution < 1.29 is 4.79 Å². The van der Waals surface area contributed by atoms with Gasteiger partial charge in [0.1, 0.15) is 0 Å². The Bertz CT molecular complexity index is 259. The van der Waals surface area contributed by atoms with Crippen molar-refractivity contribution in [2.24, 2.45) is 0 Å². The average molecular weight is 184 g/mol. The second-order valence-corrected chi connectivity index (χ2v) is 3.63. The Morgan fingerprint density at radius 3 is 3.00 bits per heavy atom. The molecule has 0 N–H and O–H groups in total. The van der Waals surface area contributed by atoms with Crippen LogP contribution in [-0.4, -0.2) is 24.9 Å². The molecule has 0 atom stereocenters. The zero-order valence-corrected chi connectivity index (χ0v) is 8.10. The molecule has 1 heterocycles. The van der Waals surface area contributed by atoms with E-state index in [0.29, 0.717) is 4.88 Å². The van der Waals surface area contributed by atoms with E-state index in [4.69, 9.17) is 0 Å². The van der Waals surface area contributed by atoms with Crippen LogP contribution in [0.15, 0.2) is 6.20 Å². The highest BCUT2D eigenvalue weighted by molar-refractivity contribution is 7.17. The fourth-order valence-corrected chi connectivity index (χ4v) is 1.66. The summed E-state index contributed by atoms with van der Waals surface area (Å²) in [5.41, 5.74) is 0. The molecule has 0 saturated heterocycles. The van der Waals surface area contributed by atoms with E-state index in [9.17, 15) is 4.79 Å². The van der Waals surface area contributed by atoms with Crippen LogP contribution in [0.3, 0.4) is 0 Å². The van der Waals surface area contributed by atoms with Gasteiger partial charge in [-0.25, -0.2) is 4.98 Å². The number of thiazole rings is 1. The monoisotopic (exact) mass is 184 g/mol. The van der Waals surface area contributed by atoms with Crippen molar-refractivity contribution in [1.82, 2.24) is 4.98 Å². The minimum Gasteiger partial charge on any atom is -0.351 e. The van der Waals surface area contributed by atoms with Crippen molar-refractivity contribution in [2.45, 2.75) is 13.3 Å². The van der Waals surface area contributed by atoms with E-state index in [0.717, 1.165) is 24.4 Å². The molecule has 0 bridgehead atoms. The SMILES string of the molecule is CCCN(C)c1ncc(C=O)s1. The third-order valence-electron chi connectivity index (χ3n) is 1.51. The van der Waals surface area contributed by atoms with Gasteiger partial charge < -0.3 is 4.90 Å². The molecule has 0 aliphatic heterocycles. The molecule has 1 rings (SSSR count). The summed E-state index contributed by atoms with van der Waals surface area (Å²) in [4.78, 5) is 17.2. The predicted molar refractivity (Wildman–Crippen MR) is 51.1 cm³/mol. The van der Waals surface area contributed by atoms with E-state index in [1.165, 1.54) is 11.3 Å². The normalized spacial score (nSPS) is 9.83. The highest BCUT2D eigenvalue weighted by atomic mass is 32.1. The summed E-state index contributed by atoms with van der Waals surface area (Å²) in [5, 5.41) is 0.916. The summed E-state index contributed by atoms with van der Waals surface area (Å²) in [6.07, 6.45) is 3.53. The molecule has 12 heavy (non-hydrogen) atoms. The minimum absolute atomic E-state index is 0.688. The first-order valence-electron chi connectivity index (χ1n) is 3.90. The molecular formula is C8H12N2OS. The van der Waals surface area contributed by atoms with Crippen LogP contribution in [0.4, 0.5) is 5.13 Å². The van der Waals surface area contributed by atoms with Crippen molar-refractivity contribution in [1.29, 1.82) is 0 Å². The van der Waals surface area contributed by atoms with E-state index < -0.39 is 0 Å². The summed E-state index contributed by atoms with van der Waals surface area (Å²) < 4.78 is 0. The molecule has 4 heteroatoms. The lowest BCUT2D eigenvalue weighted by atomic mass is 10.5. The van der Waals surface area contributed by atoms with E-state index in [2.05, 4.69) is 16.8 Å². The van der Waals surface area contributed by atoms with E-state index in [-0.39, 0.29) is 0 Å². The Labute approximate surface area is 76.0 Å². The molecule has 0 spiro atoms. The largest absolute Gasteiger partial charge is 0.351 e. The lowest BCUT2D eigenvalue weighted by molar-refractivity contribution is 0.112. The number of hydrogen-bond donors (Lipinski definition) is 0. The number of aldehydes is 1. The second kappa shape index (κ2) is 4.21. The van der Waals surface area contributed by atoms with Crippen molar-refractivity contribution >= 4 is 22.8 Å². The number of nitrogens with zero attached hydrogens (tertiary/aromatic N) is 2. The van der Waals surface area contributed by atoms with Gasteiger partial charge in [-0.2, -0.15) is 0 Å². The van der Waals surface area contributed by atoms with Crippen LogP contribution in [0, 0.1) is 0 Å². The van der Waals surface area contributed by atoms with Gasteiger partial charge in [0.05, 0.1) is 11.1 Å². The van der Waals surface area contributed by atoms with Gasteiger partial charge in [-0.1, -0.05) is 18.3 Å². The molecule has 0 unspecified atom stereocenters. The van der Waals surface area contributed by atoms with Gasteiger partial charge in [0.2, 0.25) is 0 Å². The van der Waals surface area contributed by atoms with Crippen molar-refractivity contribution in [3.63, 3.8) is 0 Å². The molecule has 0 radical (unpaired) electrons. The molecule has 1 aromatic rings. The summed E-state index contributed by atoms with van der Waals surface area (Å²) >= 11 is 1.43. The third kappa shape index (κ3) is 2.04. The maximum absolute atomic E-state index is 10.4. The smallest absolute Gasteiger partial charge is 0.185 e. The zero-order valence-electron chi connectivity index (χ0n) is 7.28. The number of hydrogen-bond acceptors (Lipinski definition) is 4. The van der Waals surface area contributed by atoms with Crippen LogP contribution >= 0.6 is 11.3 Å². The number of anilines is 1. The Morgan fingerprint density at radius 1 is 1.75 bits per heavy atom. The van der Waals surface area contributed by atoms with Gasteiger partial charge >= 0.3 is 0 Å². The van der Waals surface area contributed by atoms with Crippen LogP contribution < -0.4 is 4.90 Å². The highest BCUT2D eigenvalue weighted by Gasteiger charge is 2.04. The Morgan fingerprint density at radius 2 is 2.50 bits per heavy atom. The number of rotatable bonds is 4. The van der Waals surface area contributed by atoms with Gasteiger partial charge in [-0.3, -0.25) is 4.79 Å². The van der Waals surface area contributed by atoms with Gasteiger partial charge in [-0.05, 0) is 6.42 Å². The van der Waals surface area contributed by atoms with Gasteiger partial charge in [0.15, 0.2) is 11.4 Å². The standard InChI is InChI=1S/C8H12N2OS/c1-3-4-10(2)8-9-5-7(6-11)12-8/h5-6H,3-4H2,1-2H3. The molecule has 0 aliphatic carbocycles.